The summed E-state index contributed by atoms with van der Waals surface area (Å²) >= 11 is 0. The standard InChI is InChI=1S/C9H8N2.2ClH/c10-9-6-5-7-3-1-2-4-8(7)11-9;;/h1-6H,(H2,10,11);2*1H. The van der Waals surface area contributed by atoms with E-state index >= 15 is 0 Å². The van der Waals surface area contributed by atoms with Gasteiger partial charge < -0.3 is 5.73 Å². The molecule has 0 aliphatic heterocycles. The average molecular weight is 217 g/mol. The van der Waals surface area contributed by atoms with E-state index in [0.717, 1.165) is 10.9 Å². The minimum atomic E-state index is 0. The van der Waals surface area contributed by atoms with Crippen molar-refractivity contribution in [3.8, 4) is 0 Å². The Hall–Kier alpha value is -0.990. The fourth-order valence-electron chi connectivity index (χ4n) is 1.08. The minimum absolute atomic E-state index is 0. The van der Waals surface area contributed by atoms with E-state index in [4.69, 9.17) is 5.73 Å². The van der Waals surface area contributed by atoms with E-state index in [1.165, 1.54) is 0 Å². The van der Waals surface area contributed by atoms with Crippen LogP contribution in [-0.4, -0.2) is 4.98 Å². The molecule has 0 fully saturated rings. The predicted molar refractivity (Wildman–Crippen MR) is 60.7 cm³/mol. The molecule has 2 nitrogen and oxygen atoms in total. The third-order valence-corrected chi connectivity index (χ3v) is 1.62. The van der Waals surface area contributed by atoms with Crippen LogP contribution in [0.5, 0.6) is 0 Å². The first-order valence-electron chi connectivity index (χ1n) is 3.47. The molecular weight excluding hydrogens is 207 g/mol. The molecule has 0 aliphatic rings. The van der Waals surface area contributed by atoms with E-state index in [9.17, 15) is 0 Å². The van der Waals surface area contributed by atoms with Crippen LogP contribution in [0.4, 0.5) is 5.82 Å². The predicted octanol–water partition coefficient (Wildman–Crippen LogP) is 2.66. The molecule has 70 valence electrons. The molecule has 0 amide bonds. The van der Waals surface area contributed by atoms with Crippen LogP contribution in [0.1, 0.15) is 0 Å². The maximum Gasteiger partial charge on any atom is 0.124 e. The molecule has 2 N–H and O–H groups in total. The molecular formula is C9H10Cl2N2. The van der Waals surface area contributed by atoms with Crippen molar-refractivity contribution >= 4 is 41.5 Å². The quantitative estimate of drug-likeness (QED) is 0.736. The van der Waals surface area contributed by atoms with Crippen LogP contribution in [0.25, 0.3) is 10.9 Å². The first-order chi connectivity index (χ1) is 5.36. The number of halogens is 2. The lowest BCUT2D eigenvalue weighted by molar-refractivity contribution is 1.42. The van der Waals surface area contributed by atoms with Crippen LogP contribution in [0.15, 0.2) is 36.4 Å². The van der Waals surface area contributed by atoms with Crippen molar-refractivity contribution < 1.29 is 0 Å². The Bertz CT molecular complexity index is 390. The van der Waals surface area contributed by atoms with E-state index in [2.05, 4.69) is 4.98 Å². The second-order valence-corrected chi connectivity index (χ2v) is 2.43. The van der Waals surface area contributed by atoms with Gasteiger partial charge in [-0.25, -0.2) is 4.98 Å². The molecule has 1 aromatic heterocycles. The zero-order valence-corrected chi connectivity index (χ0v) is 8.44. The lowest BCUT2D eigenvalue weighted by atomic mass is 10.2. The van der Waals surface area contributed by atoms with Crippen LogP contribution in [0, 0.1) is 0 Å². The Kier molecular flexibility index (Phi) is 4.52. The van der Waals surface area contributed by atoms with Gasteiger partial charge in [0.15, 0.2) is 0 Å². The van der Waals surface area contributed by atoms with Crippen molar-refractivity contribution in [2.75, 3.05) is 5.73 Å². The number of para-hydroxylation sites is 1. The Morgan fingerprint density at radius 2 is 1.62 bits per heavy atom. The molecule has 13 heavy (non-hydrogen) atoms. The first-order valence-corrected chi connectivity index (χ1v) is 3.47. The summed E-state index contributed by atoms with van der Waals surface area (Å²) < 4.78 is 0. The number of rotatable bonds is 0. The van der Waals surface area contributed by atoms with Crippen molar-refractivity contribution in [2.24, 2.45) is 0 Å². The summed E-state index contributed by atoms with van der Waals surface area (Å²) in [6.45, 7) is 0. The minimum Gasteiger partial charge on any atom is -0.384 e. The number of nitrogen functional groups attached to an aromatic ring is 1. The summed E-state index contributed by atoms with van der Waals surface area (Å²) in [5, 5.41) is 1.13. The third-order valence-electron chi connectivity index (χ3n) is 1.62. The van der Waals surface area contributed by atoms with Crippen molar-refractivity contribution in [1.29, 1.82) is 0 Å². The van der Waals surface area contributed by atoms with Gasteiger partial charge in [0.25, 0.3) is 0 Å². The summed E-state index contributed by atoms with van der Waals surface area (Å²) in [7, 11) is 0. The number of anilines is 1. The van der Waals surface area contributed by atoms with Crippen LogP contribution in [0.2, 0.25) is 0 Å². The van der Waals surface area contributed by atoms with E-state index in [1.807, 2.05) is 36.4 Å². The monoisotopic (exact) mass is 216 g/mol. The molecule has 1 heterocycles. The van der Waals surface area contributed by atoms with Crippen molar-refractivity contribution in [3.05, 3.63) is 36.4 Å². The van der Waals surface area contributed by atoms with Crippen molar-refractivity contribution in [1.82, 2.24) is 4.98 Å². The molecule has 0 spiro atoms. The van der Waals surface area contributed by atoms with Crippen LogP contribution >= 0.6 is 24.8 Å². The Balaban J connectivity index is 0.000000720. The number of hydrogen-bond acceptors (Lipinski definition) is 2. The third kappa shape index (κ3) is 2.47. The summed E-state index contributed by atoms with van der Waals surface area (Å²) in [4.78, 5) is 4.15. The number of nitrogens with two attached hydrogens (primary N) is 1. The normalized spacial score (nSPS) is 8.62. The van der Waals surface area contributed by atoms with E-state index in [1.54, 1.807) is 0 Å². The lowest BCUT2D eigenvalue weighted by Gasteiger charge is -1.95. The number of hydrogen-bond donors (Lipinski definition) is 1. The first kappa shape index (κ1) is 12.0. The van der Waals surface area contributed by atoms with E-state index in [-0.39, 0.29) is 24.8 Å². The number of fused-ring (bicyclic) bond motifs is 1. The molecule has 0 bridgehead atoms. The second kappa shape index (κ2) is 4.90. The van der Waals surface area contributed by atoms with Crippen LogP contribution in [-0.2, 0) is 0 Å². The van der Waals surface area contributed by atoms with Gasteiger partial charge in [-0.3, -0.25) is 0 Å². The second-order valence-electron chi connectivity index (χ2n) is 2.43. The molecule has 1 aromatic carbocycles. The Morgan fingerprint density at radius 1 is 0.923 bits per heavy atom. The average Bonchev–Trinajstić information content (AvgIpc) is 2.04. The van der Waals surface area contributed by atoms with Crippen molar-refractivity contribution in [3.63, 3.8) is 0 Å². The van der Waals surface area contributed by atoms with Gasteiger partial charge in [-0.15, -0.1) is 24.8 Å². The molecule has 0 radical (unpaired) electrons. The molecule has 2 aromatic rings. The van der Waals surface area contributed by atoms with Gasteiger partial charge in [0.2, 0.25) is 0 Å². The zero-order valence-electron chi connectivity index (χ0n) is 6.81. The smallest absolute Gasteiger partial charge is 0.124 e. The highest BCUT2D eigenvalue weighted by Crippen LogP contribution is 2.11. The number of nitrogens with zero attached hydrogens (tertiary/aromatic N) is 1. The highest BCUT2D eigenvalue weighted by atomic mass is 35.5. The van der Waals surface area contributed by atoms with Gasteiger partial charge in [-0.2, -0.15) is 0 Å². The highest BCUT2D eigenvalue weighted by molar-refractivity contribution is 5.85. The fourth-order valence-corrected chi connectivity index (χ4v) is 1.08. The van der Waals surface area contributed by atoms with Gasteiger partial charge in [-0.05, 0) is 18.2 Å². The molecule has 4 heteroatoms. The summed E-state index contributed by atoms with van der Waals surface area (Å²) in [6.07, 6.45) is 0. The number of benzene rings is 1. The number of aromatic nitrogens is 1. The fraction of sp³-hybridized carbons (Fsp3) is 0. The lowest BCUT2D eigenvalue weighted by Crippen LogP contribution is -1.88. The van der Waals surface area contributed by atoms with E-state index in [0.29, 0.717) is 5.82 Å². The SMILES string of the molecule is Cl.Cl.Nc1ccc2ccccc2n1. The molecule has 2 rings (SSSR count). The molecule has 0 aliphatic carbocycles. The topological polar surface area (TPSA) is 38.9 Å². The molecule has 0 saturated heterocycles. The summed E-state index contributed by atoms with van der Waals surface area (Å²) in [6, 6.07) is 11.7. The molecule has 0 unspecified atom stereocenters. The van der Waals surface area contributed by atoms with Gasteiger partial charge in [0.05, 0.1) is 5.52 Å². The summed E-state index contributed by atoms with van der Waals surface area (Å²) in [5.41, 5.74) is 6.46. The highest BCUT2D eigenvalue weighted by Gasteiger charge is 1.91. The maximum absolute atomic E-state index is 5.51. The van der Waals surface area contributed by atoms with E-state index < -0.39 is 0 Å². The van der Waals surface area contributed by atoms with Crippen LogP contribution < -0.4 is 5.73 Å². The molecule has 0 saturated carbocycles. The van der Waals surface area contributed by atoms with Gasteiger partial charge >= 0.3 is 0 Å². The molecule has 0 atom stereocenters. The zero-order chi connectivity index (χ0) is 7.68. The van der Waals surface area contributed by atoms with Gasteiger partial charge in [0, 0.05) is 5.39 Å². The summed E-state index contributed by atoms with van der Waals surface area (Å²) in [5.74, 6) is 0.573. The van der Waals surface area contributed by atoms with Gasteiger partial charge in [-0.1, -0.05) is 18.2 Å². The van der Waals surface area contributed by atoms with Crippen LogP contribution in [0.3, 0.4) is 0 Å². The Morgan fingerprint density at radius 3 is 2.38 bits per heavy atom. The van der Waals surface area contributed by atoms with Gasteiger partial charge in [0.1, 0.15) is 5.82 Å². The maximum atomic E-state index is 5.51. The van der Waals surface area contributed by atoms with Crippen molar-refractivity contribution in [2.45, 2.75) is 0 Å². The largest absolute Gasteiger partial charge is 0.384 e. The number of pyridine rings is 1. The Labute approximate surface area is 89.0 Å².